The molecule has 1 saturated heterocycles. The molecule has 1 aromatic heterocycles. The standard InChI is InChI=1S/C11H16F3N3S2/c1-15-9(7-6-18-4-3-17(7)2)8-5-16-10(19-8)11(12,13)14/h5,7,9,15H,3-4,6H2,1-2H3. The molecule has 0 aliphatic carbocycles. The number of thiazole rings is 1. The fourth-order valence-corrected chi connectivity index (χ4v) is 4.37. The molecule has 1 aliphatic heterocycles. The van der Waals surface area contributed by atoms with Gasteiger partial charge in [-0.15, -0.1) is 11.3 Å². The largest absolute Gasteiger partial charge is 0.443 e. The quantitative estimate of drug-likeness (QED) is 0.928. The van der Waals surface area contributed by atoms with Crippen LogP contribution in [0.5, 0.6) is 0 Å². The lowest BCUT2D eigenvalue weighted by Gasteiger charge is -2.37. The van der Waals surface area contributed by atoms with E-state index in [4.69, 9.17) is 0 Å². The monoisotopic (exact) mass is 311 g/mol. The first-order valence-electron chi connectivity index (χ1n) is 5.91. The lowest BCUT2D eigenvalue weighted by molar-refractivity contribution is -0.137. The lowest BCUT2D eigenvalue weighted by Crippen LogP contribution is -2.46. The van der Waals surface area contributed by atoms with Crippen LogP contribution in [0.15, 0.2) is 6.20 Å². The van der Waals surface area contributed by atoms with E-state index in [-0.39, 0.29) is 12.1 Å². The van der Waals surface area contributed by atoms with Crippen molar-refractivity contribution in [3.63, 3.8) is 0 Å². The Morgan fingerprint density at radius 1 is 1.53 bits per heavy atom. The fourth-order valence-electron chi connectivity index (χ4n) is 2.14. The highest BCUT2D eigenvalue weighted by atomic mass is 32.2. The Kier molecular flexibility index (Phi) is 4.75. The molecule has 2 heterocycles. The zero-order valence-corrected chi connectivity index (χ0v) is 12.3. The van der Waals surface area contributed by atoms with Gasteiger partial charge in [-0.2, -0.15) is 24.9 Å². The summed E-state index contributed by atoms with van der Waals surface area (Å²) in [6, 6.07) is 0.0942. The van der Waals surface area contributed by atoms with Crippen LogP contribution >= 0.6 is 23.1 Å². The van der Waals surface area contributed by atoms with Gasteiger partial charge in [0.15, 0.2) is 5.01 Å². The molecule has 2 atom stereocenters. The van der Waals surface area contributed by atoms with Crippen molar-refractivity contribution >= 4 is 23.1 Å². The number of halogens is 3. The second kappa shape index (κ2) is 5.99. The van der Waals surface area contributed by atoms with Crippen LogP contribution in [0.2, 0.25) is 0 Å². The second-order valence-electron chi connectivity index (χ2n) is 4.45. The fraction of sp³-hybridized carbons (Fsp3) is 0.727. The van der Waals surface area contributed by atoms with Crippen LogP contribution in [0.25, 0.3) is 0 Å². The summed E-state index contributed by atoms with van der Waals surface area (Å²) in [5.74, 6) is 1.99. The molecule has 1 aromatic rings. The molecule has 8 heteroatoms. The predicted molar refractivity (Wildman–Crippen MR) is 72.7 cm³/mol. The maximum absolute atomic E-state index is 12.6. The van der Waals surface area contributed by atoms with E-state index in [1.165, 1.54) is 6.20 Å². The van der Waals surface area contributed by atoms with Gasteiger partial charge in [0, 0.05) is 35.2 Å². The first kappa shape index (κ1) is 15.1. The topological polar surface area (TPSA) is 28.2 Å². The van der Waals surface area contributed by atoms with Crippen LogP contribution in [0.3, 0.4) is 0 Å². The van der Waals surface area contributed by atoms with Gasteiger partial charge < -0.3 is 5.32 Å². The zero-order valence-electron chi connectivity index (χ0n) is 10.7. The normalized spacial score (nSPS) is 23.5. The highest BCUT2D eigenvalue weighted by Crippen LogP contribution is 2.36. The molecule has 0 spiro atoms. The lowest BCUT2D eigenvalue weighted by atomic mass is 10.1. The maximum Gasteiger partial charge on any atom is 0.443 e. The first-order chi connectivity index (χ1) is 8.93. The number of likely N-dealkylation sites (N-methyl/N-ethyl adjacent to an activating group) is 2. The number of rotatable bonds is 3. The Labute approximate surface area is 118 Å². The predicted octanol–water partition coefficient (Wildman–Crippen LogP) is 2.47. The smallest absolute Gasteiger partial charge is 0.311 e. The number of nitrogens with one attached hydrogen (secondary N) is 1. The molecule has 0 amide bonds. The third-order valence-electron chi connectivity index (χ3n) is 3.21. The van der Waals surface area contributed by atoms with E-state index in [1.54, 1.807) is 7.05 Å². The zero-order chi connectivity index (χ0) is 14.0. The van der Waals surface area contributed by atoms with Crippen molar-refractivity contribution in [3.05, 3.63) is 16.1 Å². The van der Waals surface area contributed by atoms with Crippen molar-refractivity contribution in [1.29, 1.82) is 0 Å². The Morgan fingerprint density at radius 3 is 2.79 bits per heavy atom. The minimum Gasteiger partial charge on any atom is -0.311 e. The van der Waals surface area contributed by atoms with Gasteiger partial charge in [-0.1, -0.05) is 0 Å². The van der Waals surface area contributed by atoms with Gasteiger partial charge in [-0.05, 0) is 14.1 Å². The van der Waals surface area contributed by atoms with Crippen molar-refractivity contribution in [3.8, 4) is 0 Å². The summed E-state index contributed by atoms with van der Waals surface area (Å²) in [6.07, 6.45) is -3.00. The van der Waals surface area contributed by atoms with Crippen molar-refractivity contribution in [2.75, 3.05) is 32.1 Å². The molecule has 0 bridgehead atoms. The first-order valence-corrected chi connectivity index (χ1v) is 7.88. The summed E-state index contributed by atoms with van der Waals surface area (Å²) in [7, 11) is 3.80. The van der Waals surface area contributed by atoms with Gasteiger partial charge in [0.1, 0.15) is 0 Å². The molecule has 1 N–H and O–H groups in total. The Morgan fingerprint density at radius 2 is 2.26 bits per heavy atom. The minimum absolute atomic E-state index is 0.105. The molecule has 0 radical (unpaired) electrons. The second-order valence-corrected chi connectivity index (χ2v) is 6.67. The Hall–Kier alpha value is -0.310. The third kappa shape index (κ3) is 3.42. The SMILES string of the molecule is CNC(c1cnc(C(F)(F)F)s1)C1CSCCN1C. The van der Waals surface area contributed by atoms with Gasteiger partial charge >= 0.3 is 6.18 Å². The number of thioether (sulfide) groups is 1. The molecule has 1 aliphatic rings. The summed E-state index contributed by atoms with van der Waals surface area (Å²) >= 11 is 2.57. The summed E-state index contributed by atoms with van der Waals surface area (Å²) < 4.78 is 37.8. The van der Waals surface area contributed by atoms with Crippen molar-refractivity contribution < 1.29 is 13.2 Å². The van der Waals surface area contributed by atoms with Crippen molar-refractivity contribution in [2.45, 2.75) is 18.3 Å². The summed E-state index contributed by atoms with van der Waals surface area (Å²) in [6.45, 7) is 0.957. The Balaban J connectivity index is 2.19. The van der Waals surface area contributed by atoms with Crippen LogP contribution in [0.1, 0.15) is 15.9 Å². The molecule has 2 unspecified atom stereocenters. The van der Waals surface area contributed by atoms with Gasteiger partial charge in [0.05, 0.1) is 6.04 Å². The van der Waals surface area contributed by atoms with Crippen LogP contribution < -0.4 is 5.32 Å². The van der Waals surface area contributed by atoms with Crippen LogP contribution in [0, 0.1) is 0 Å². The van der Waals surface area contributed by atoms with E-state index in [9.17, 15) is 13.2 Å². The van der Waals surface area contributed by atoms with E-state index < -0.39 is 11.2 Å². The van der Waals surface area contributed by atoms with Crippen LogP contribution in [-0.4, -0.2) is 48.1 Å². The molecule has 0 aromatic carbocycles. The van der Waals surface area contributed by atoms with Crippen molar-refractivity contribution in [1.82, 2.24) is 15.2 Å². The van der Waals surface area contributed by atoms with E-state index in [1.807, 2.05) is 18.8 Å². The molecule has 108 valence electrons. The van der Waals surface area contributed by atoms with E-state index in [2.05, 4.69) is 15.2 Å². The molecule has 1 fully saturated rings. The number of alkyl halides is 3. The van der Waals surface area contributed by atoms with Crippen LogP contribution in [-0.2, 0) is 6.18 Å². The van der Waals surface area contributed by atoms with Gasteiger partial charge in [0.25, 0.3) is 0 Å². The average molecular weight is 311 g/mol. The van der Waals surface area contributed by atoms with Crippen LogP contribution in [0.4, 0.5) is 13.2 Å². The highest BCUT2D eigenvalue weighted by Gasteiger charge is 2.37. The van der Waals surface area contributed by atoms with Crippen molar-refractivity contribution in [2.24, 2.45) is 0 Å². The summed E-state index contributed by atoms with van der Waals surface area (Å²) in [4.78, 5) is 6.35. The molecule has 2 rings (SSSR count). The number of nitrogens with zero attached hydrogens (tertiary/aromatic N) is 2. The van der Waals surface area contributed by atoms with E-state index in [0.717, 1.165) is 29.4 Å². The highest BCUT2D eigenvalue weighted by molar-refractivity contribution is 7.99. The van der Waals surface area contributed by atoms with E-state index >= 15 is 0 Å². The Bertz CT molecular complexity index is 422. The van der Waals surface area contributed by atoms with Gasteiger partial charge in [-0.25, -0.2) is 4.98 Å². The molecular weight excluding hydrogens is 295 g/mol. The third-order valence-corrected chi connectivity index (χ3v) is 5.39. The molecule has 3 nitrogen and oxygen atoms in total. The van der Waals surface area contributed by atoms with E-state index in [0.29, 0.717) is 4.88 Å². The average Bonchev–Trinajstić information content (AvgIpc) is 2.82. The molecule has 19 heavy (non-hydrogen) atoms. The summed E-state index contributed by atoms with van der Waals surface area (Å²) in [5.41, 5.74) is 0. The number of hydrogen-bond donors (Lipinski definition) is 1. The number of aromatic nitrogens is 1. The van der Waals surface area contributed by atoms with Gasteiger partial charge in [0.2, 0.25) is 0 Å². The minimum atomic E-state index is -4.35. The molecular formula is C11H16F3N3S2. The summed E-state index contributed by atoms with van der Waals surface area (Å²) in [5, 5.41) is 2.36. The molecule has 0 saturated carbocycles. The maximum atomic E-state index is 12.6. The van der Waals surface area contributed by atoms with Gasteiger partial charge in [-0.3, -0.25) is 4.90 Å². The number of hydrogen-bond acceptors (Lipinski definition) is 5.